The Morgan fingerprint density at radius 2 is 2.00 bits per heavy atom. The third-order valence-electron chi connectivity index (χ3n) is 2.24. The van der Waals surface area contributed by atoms with Crippen molar-refractivity contribution in [1.82, 2.24) is 0 Å². The van der Waals surface area contributed by atoms with Gasteiger partial charge in [-0.15, -0.1) is 0 Å². The molecule has 0 aliphatic heterocycles. The highest BCUT2D eigenvalue weighted by Crippen LogP contribution is 2.08. The topological polar surface area (TPSA) is 44.5 Å². The van der Waals surface area contributed by atoms with E-state index in [9.17, 15) is 0 Å². The predicted octanol–water partition coefficient (Wildman–Crippen LogP) is 2.65. The maximum Gasteiger partial charge on any atom is 0.103 e. The average Bonchev–Trinajstić information content (AvgIpc) is 2.27. The lowest BCUT2D eigenvalue weighted by Crippen LogP contribution is -2.21. The summed E-state index contributed by atoms with van der Waals surface area (Å²) in [6.45, 7) is 7.80. The van der Waals surface area contributed by atoms with Gasteiger partial charge in [0.15, 0.2) is 0 Å². The molecule has 0 aromatic heterocycles. The van der Waals surface area contributed by atoms with Gasteiger partial charge in [-0.2, -0.15) is 0 Å². The molecule has 3 nitrogen and oxygen atoms in total. The van der Waals surface area contributed by atoms with Crippen molar-refractivity contribution in [3.8, 4) is 0 Å². The van der Waals surface area contributed by atoms with Gasteiger partial charge in [-0.3, -0.25) is 0 Å². The Balaban J connectivity index is 2.31. The Bertz CT molecular complexity index is 399. The summed E-state index contributed by atoms with van der Waals surface area (Å²) >= 11 is 4.93. The molecule has 0 aliphatic carbocycles. The molecule has 0 saturated heterocycles. The van der Waals surface area contributed by atoms with Crippen LogP contribution in [0.2, 0.25) is 0 Å². The molecule has 2 N–H and O–H groups in total. The first-order valence-electron chi connectivity index (χ1n) is 5.99. The van der Waals surface area contributed by atoms with Crippen molar-refractivity contribution < 1.29 is 9.47 Å². The van der Waals surface area contributed by atoms with Crippen LogP contribution in [0.3, 0.4) is 0 Å². The van der Waals surface area contributed by atoms with Gasteiger partial charge < -0.3 is 15.2 Å². The smallest absolute Gasteiger partial charge is 0.103 e. The van der Waals surface area contributed by atoms with Gasteiger partial charge in [-0.1, -0.05) is 30.4 Å². The molecular formula is C14H21NO2S. The maximum absolute atomic E-state index is 5.58. The summed E-state index contributed by atoms with van der Waals surface area (Å²) in [4.78, 5) is 0.410. The molecule has 1 rings (SSSR count). The van der Waals surface area contributed by atoms with E-state index < -0.39 is 0 Å². The molecule has 0 fully saturated rings. The van der Waals surface area contributed by atoms with Crippen LogP contribution in [0.25, 0.3) is 0 Å². The molecule has 0 spiro atoms. The van der Waals surface area contributed by atoms with E-state index in [4.69, 9.17) is 27.4 Å². The minimum atomic E-state index is -0.116. The Hall–Kier alpha value is -0.970. The average molecular weight is 267 g/mol. The summed E-state index contributed by atoms with van der Waals surface area (Å²) in [5.74, 6) is 0. The number of ether oxygens (including phenoxy) is 2. The van der Waals surface area contributed by atoms with Gasteiger partial charge >= 0.3 is 0 Å². The van der Waals surface area contributed by atoms with E-state index in [2.05, 4.69) is 0 Å². The normalized spacial score (nSPS) is 11.5. The van der Waals surface area contributed by atoms with E-state index in [-0.39, 0.29) is 5.60 Å². The van der Waals surface area contributed by atoms with Crippen molar-refractivity contribution in [2.45, 2.75) is 33.0 Å². The maximum atomic E-state index is 5.58. The van der Waals surface area contributed by atoms with Crippen LogP contribution in [0.1, 0.15) is 31.9 Å². The molecule has 100 valence electrons. The van der Waals surface area contributed by atoms with Crippen LogP contribution in [0.15, 0.2) is 24.3 Å². The second-order valence-corrected chi connectivity index (χ2v) is 5.52. The predicted molar refractivity (Wildman–Crippen MR) is 77.7 cm³/mol. The van der Waals surface area contributed by atoms with Gasteiger partial charge in [0.25, 0.3) is 0 Å². The summed E-state index contributed by atoms with van der Waals surface area (Å²) in [5, 5.41) is 0. The largest absolute Gasteiger partial charge is 0.389 e. The third kappa shape index (κ3) is 6.10. The highest BCUT2D eigenvalue weighted by atomic mass is 32.1. The van der Waals surface area contributed by atoms with Gasteiger partial charge in [0, 0.05) is 5.56 Å². The van der Waals surface area contributed by atoms with Gasteiger partial charge in [0.05, 0.1) is 25.4 Å². The van der Waals surface area contributed by atoms with Crippen LogP contribution in [0, 0.1) is 0 Å². The summed E-state index contributed by atoms with van der Waals surface area (Å²) in [5.41, 5.74) is 7.40. The molecule has 0 atom stereocenters. The zero-order chi connectivity index (χ0) is 13.6. The van der Waals surface area contributed by atoms with Crippen molar-refractivity contribution in [1.29, 1.82) is 0 Å². The number of hydrogen-bond donors (Lipinski definition) is 1. The lowest BCUT2D eigenvalue weighted by Gasteiger charge is -2.19. The fourth-order valence-corrected chi connectivity index (χ4v) is 1.54. The van der Waals surface area contributed by atoms with Crippen molar-refractivity contribution in [3.05, 3.63) is 35.4 Å². The molecular weight excluding hydrogens is 246 g/mol. The van der Waals surface area contributed by atoms with Crippen LogP contribution >= 0.6 is 12.2 Å². The third-order valence-corrected chi connectivity index (χ3v) is 2.48. The lowest BCUT2D eigenvalue weighted by molar-refractivity contribution is -0.0376. The van der Waals surface area contributed by atoms with Crippen LogP contribution in [-0.2, 0) is 16.1 Å². The monoisotopic (exact) mass is 267 g/mol. The van der Waals surface area contributed by atoms with E-state index in [0.29, 0.717) is 24.8 Å². The summed E-state index contributed by atoms with van der Waals surface area (Å²) in [6, 6.07) is 7.77. The highest BCUT2D eigenvalue weighted by Gasteiger charge is 2.08. The van der Waals surface area contributed by atoms with E-state index in [1.165, 1.54) is 0 Å². The Morgan fingerprint density at radius 3 is 2.61 bits per heavy atom. The van der Waals surface area contributed by atoms with E-state index in [1.54, 1.807) is 0 Å². The summed E-state index contributed by atoms with van der Waals surface area (Å²) < 4.78 is 11.1. The second kappa shape index (κ2) is 6.83. The first kappa shape index (κ1) is 15.1. The van der Waals surface area contributed by atoms with Crippen LogP contribution < -0.4 is 5.73 Å². The van der Waals surface area contributed by atoms with E-state index in [0.717, 1.165) is 11.1 Å². The van der Waals surface area contributed by atoms with Crippen molar-refractivity contribution in [2.24, 2.45) is 5.73 Å². The van der Waals surface area contributed by atoms with Crippen molar-refractivity contribution in [2.75, 3.05) is 13.2 Å². The van der Waals surface area contributed by atoms with Gasteiger partial charge in [-0.05, 0) is 32.4 Å². The first-order valence-corrected chi connectivity index (χ1v) is 6.40. The fourth-order valence-electron chi connectivity index (χ4n) is 1.41. The fraction of sp³-hybridized carbons (Fsp3) is 0.500. The molecule has 18 heavy (non-hydrogen) atoms. The van der Waals surface area contributed by atoms with E-state index >= 15 is 0 Å². The Labute approximate surface area is 114 Å². The molecule has 1 aromatic rings. The number of benzene rings is 1. The SMILES string of the molecule is CC(C)(C)OCCOCc1cccc(C(N)=S)c1. The second-order valence-electron chi connectivity index (χ2n) is 5.08. The quantitative estimate of drug-likeness (QED) is 0.636. The van der Waals surface area contributed by atoms with E-state index in [1.807, 2.05) is 45.0 Å². The number of nitrogens with two attached hydrogens (primary N) is 1. The van der Waals surface area contributed by atoms with Gasteiger partial charge in [0.1, 0.15) is 4.99 Å². The van der Waals surface area contributed by atoms with Gasteiger partial charge in [-0.25, -0.2) is 0 Å². The Morgan fingerprint density at radius 1 is 1.28 bits per heavy atom. The number of rotatable bonds is 6. The minimum absolute atomic E-state index is 0.116. The zero-order valence-corrected chi connectivity index (χ0v) is 12.0. The molecule has 0 aliphatic rings. The summed E-state index contributed by atoms with van der Waals surface area (Å²) in [7, 11) is 0. The number of thiocarbonyl (C=S) groups is 1. The van der Waals surface area contributed by atoms with Crippen LogP contribution in [-0.4, -0.2) is 23.8 Å². The summed E-state index contributed by atoms with van der Waals surface area (Å²) in [6.07, 6.45) is 0. The van der Waals surface area contributed by atoms with Gasteiger partial charge in [0.2, 0.25) is 0 Å². The molecule has 0 amide bonds. The molecule has 0 saturated carbocycles. The first-order chi connectivity index (χ1) is 8.38. The highest BCUT2D eigenvalue weighted by molar-refractivity contribution is 7.80. The van der Waals surface area contributed by atoms with Crippen LogP contribution in [0.5, 0.6) is 0 Å². The molecule has 0 bridgehead atoms. The van der Waals surface area contributed by atoms with Crippen molar-refractivity contribution in [3.63, 3.8) is 0 Å². The van der Waals surface area contributed by atoms with Crippen molar-refractivity contribution >= 4 is 17.2 Å². The zero-order valence-electron chi connectivity index (χ0n) is 11.2. The molecule has 0 heterocycles. The van der Waals surface area contributed by atoms with Crippen LogP contribution in [0.4, 0.5) is 0 Å². The Kier molecular flexibility index (Phi) is 5.72. The molecule has 4 heteroatoms. The molecule has 1 aromatic carbocycles. The number of hydrogen-bond acceptors (Lipinski definition) is 3. The lowest BCUT2D eigenvalue weighted by atomic mass is 10.1. The molecule has 0 radical (unpaired) electrons. The standard InChI is InChI=1S/C14H21NO2S/c1-14(2,3)17-8-7-16-10-11-5-4-6-12(9-11)13(15)18/h4-6,9H,7-8,10H2,1-3H3,(H2,15,18). The molecule has 0 unspecified atom stereocenters. The minimum Gasteiger partial charge on any atom is -0.389 e.